The molecule has 136 valence electrons. The van der Waals surface area contributed by atoms with Crippen LogP contribution in [-0.2, 0) is 6.42 Å². The van der Waals surface area contributed by atoms with Gasteiger partial charge < -0.3 is 15.4 Å². The smallest absolute Gasteiger partial charge is 0.191 e. The lowest BCUT2D eigenvalue weighted by molar-refractivity contribution is 0.411. The van der Waals surface area contributed by atoms with Crippen LogP contribution in [0.1, 0.15) is 29.7 Å². The Kier molecular flexibility index (Phi) is 9.34. The highest BCUT2D eigenvalue weighted by atomic mass is 127. The minimum atomic E-state index is 0. The molecule has 5 heteroatoms. The van der Waals surface area contributed by atoms with E-state index in [-0.39, 0.29) is 30.0 Å². The first-order valence-corrected chi connectivity index (χ1v) is 8.29. The lowest BCUT2D eigenvalue weighted by Crippen LogP contribution is -2.39. The van der Waals surface area contributed by atoms with E-state index in [0.717, 1.165) is 30.2 Å². The summed E-state index contributed by atoms with van der Waals surface area (Å²) < 4.78 is 5.38. The average Bonchev–Trinajstić information content (AvgIpc) is 2.62. The summed E-state index contributed by atoms with van der Waals surface area (Å²) in [7, 11) is 3.50. The molecule has 0 amide bonds. The van der Waals surface area contributed by atoms with Crippen molar-refractivity contribution < 1.29 is 4.74 Å². The second-order valence-electron chi connectivity index (χ2n) is 5.83. The standard InChI is InChI=1S/C20H27N3O.HI/c1-15-10-11-17(14-19(15)24-4)12-13-22-20(21-3)23-16(2)18-8-6-5-7-9-18;/h5-11,14,16H,12-13H2,1-4H3,(H2,21,22,23);1H. The van der Waals surface area contributed by atoms with Crippen molar-refractivity contribution in [1.82, 2.24) is 10.6 Å². The molecule has 0 aliphatic heterocycles. The number of rotatable bonds is 6. The SMILES string of the molecule is CN=C(NCCc1ccc(C)c(OC)c1)NC(C)c1ccccc1.I. The highest BCUT2D eigenvalue weighted by molar-refractivity contribution is 14.0. The van der Waals surface area contributed by atoms with Crippen LogP contribution >= 0.6 is 24.0 Å². The van der Waals surface area contributed by atoms with Gasteiger partial charge in [0.1, 0.15) is 5.75 Å². The quantitative estimate of drug-likeness (QED) is 0.394. The molecule has 0 aliphatic carbocycles. The number of ether oxygens (including phenoxy) is 1. The van der Waals surface area contributed by atoms with Crippen LogP contribution in [0.5, 0.6) is 5.75 Å². The number of methoxy groups -OCH3 is 1. The average molecular weight is 453 g/mol. The Labute approximate surface area is 168 Å². The zero-order chi connectivity index (χ0) is 17.4. The van der Waals surface area contributed by atoms with Crippen LogP contribution in [0, 0.1) is 6.92 Å². The summed E-state index contributed by atoms with van der Waals surface area (Å²) in [5.41, 5.74) is 3.64. The fraction of sp³-hybridized carbons (Fsp3) is 0.350. The van der Waals surface area contributed by atoms with Gasteiger partial charge in [-0.1, -0.05) is 42.5 Å². The molecule has 2 N–H and O–H groups in total. The summed E-state index contributed by atoms with van der Waals surface area (Å²) in [5, 5.41) is 6.78. The Morgan fingerprint density at radius 3 is 2.52 bits per heavy atom. The number of halogens is 1. The molecule has 0 saturated heterocycles. The zero-order valence-corrected chi connectivity index (χ0v) is 17.7. The van der Waals surface area contributed by atoms with Crippen molar-refractivity contribution in [2.75, 3.05) is 20.7 Å². The van der Waals surface area contributed by atoms with Crippen molar-refractivity contribution in [3.05, 3.63) is 65.2 Å². The molecule has 0 heterocycles. The summed E-state index contributed by atoms with van der Waals surface area (Å²) >= 11 is 0. The number of aryl methyl sites for hydroxylation is 1. The molecule has 2 rings (SSSR count). The number of benzene rings is 2. The van der Waals surface area contributed by atoms with Gasteiger partial charge in [-0.25, -0.2) is 0 Å². The molecule has 4 nitrogen and oxygen atoms in total. The third-order valence-corrected chi connectivity index (χ3v) is 4.05. The minimum Gasteiger partial charge on any atom is -0.496 e. The minimum absolute atomic E-state index is 0. The van der Waals surface area contributed by atoms with Gasteiger partial charge in [-0.15, -0.1) is 24.0 Å². The van der Waals surface area contributed by atoms with Crippen LogP contribution in [0.2, 0.25) is 0 Å². The predicted octanol–water partition coefficient (Wildman–Crippen LogP) is 4.09. The van der Waals surface area contributed by atoms with Crippen molar-refractivity contribution in [3.8, 4) is 5.75 Å². The zero-order valence-electron chi connectivity index (χ0n) is 15.4. The van der Waals surface area contributed by atoms with Crippen LogP contribution in [-0.4, -0.2) is 26.7 Å². The predicted molar refractivity (Wildman–Crippen MR) is 116 cm³/mol. The van der Waals surface area contributed by atoms with E-state index in [4.69, 9.17) is 4.74 Å². The van der Waals surface area contributed by atoms with Gasteiger partial charge in [0.2, 0.25) is 0 Å². The highest BCUT2D eigenvalue weighted by Crippen LogP contribution is 2.19. The van der Waals surface area contributed by atoms with Crippen LogP contribution in [0.3, 0.4) is 0 Å². The third-order valence-electron chi connectivity index (χ3n) is 4.05. The topological polar surface area (TPSA) is 45.7 Å². The second-order valence-corrected chi connectivity index (χ2v) is 5.83. The fourth-order valence-electron chi connectivity index (χ4n) is 2.57. The lowest BCUT2D eigenvalue weighted by Gasteiger charge is -2.18. The Hall–Kier alpha value is -1.76. The number of nitrogens with one attached hydrogen (secondary N) is 2. The molecule has 1 unspecified atom stereocenters. The van der Waals surface area contributed by atoms with E-state index in [0.29, 0.717) is 0 Å². The Bertz CT molecular complexity index is 674. The van der Waals surface area contributed by atoms with Gasteiger partial charge in [0.15, 0.2) is 5.96 Å². The monoisotopic (exact) mass is 453 g/mol. The largest absolute Gasteiger partial charge is 0.496 e. The van der Waals surface area contributed by atoms with Crippen molar-refractivity contribution in [3.63, 3.8) is 0 Å². The molecule has 0 bridgehead atoms. The van der Waals surface area contributed by atoms with Crippen LogP contribution in [0.15, 0.2) is 53.5 Å². The summed E-state index contributed by atoms with van der Waals surface area (Å²) in [4.78, 5) is 4.30. The van der Waals surface area contributed by atoms with Gasteiger partial charge in [0.05, 0.1) is 13.2 Å². The summed E-state index contributed by atoms with van der Waals surface area (Å²) in [6.07, 6.45) is 0.914. The van der Waals surface area contributed by atoms with E-state index in [1.807, 2.05) is 6.07 Å². The van der Waals surface area contributed by atoms with E-state index in [2.05, 4.69) is 71.9 Å². The molecule has 0 radical (unpaired) electrons. The first-order chi connectivity index (χ1) is 11.6. The molecule has 2 aromatic carbocycles. The molecule has 25 heavy (non-hydrogen) atoms. The van der Waals surface area contributed by atoms with Crippen molar-refractivity contribution in [2.45, 2.75) is 26.3 Å². The molecule has 1 atom stereocenters. The number of guanidine groups is 1. The lowest BCUT2D eigenvalue weighted by atomic mass is 10.1. The number of aliphatic imine (C=N–C) groups is 1. The second kappa shape index (κ2) is 11.0. The Morgan fingerprint density at radius 2 is 1.88 bits per heavy atom. The summed E-state index contributed by atoms with van der Waals surface area (Å²) in [5.74, 6) is 1.75. The van der Waals surface area contributed by atoms with Gasteiger partial charge >= 0.3 is 0 Å². The van der Waals surface area contributed by atoms with Crippen molar-refractivity contribution in [2.24, 2.45) is 4.99 Å². The van der Waals surface area contributed by atoms with E-state index in [1.54, 1.807) is 14.2 Å². The van der Waals surface area contributed by atoms with Gasteiger partial charge in [-0.05, 0) is 43.0 Å². The fourth-order valence-corrected chi connectivity index (χ4v) is 2.57. The van der Waals surface area contributed by atoms with Gasteiger partial charge in [0, 0.05) is 13.6 Å². The van der Waals surface area contributed by atoms with E-state index in [1.165, 1.54) is 11.1 Å². The first kappa shape index (κ1) is 21.3. The summed E-state index contributed by atoms with van der Waals surface area (Å²) in [6, 6.07) is 16.9. The van der Waals surface area contributed by atoms with Gasteiger partial charge in [-0.3, -0.25) is 4.99 Å². The summed E-state index contributed by atoms with van der Waals surface area (Å²) in [6.45, 7) is 5.00. The maximum atomic E-state index is 5.38. The Morgan fingerprint density at radius 1 is 1.16 bits per heavy atom. The molecule has 0 fully saturated rings. The highest BCUT2D eigenvalue weighted by Gasteiger charge is 2.07. The molecular weight excluding hydrogens is 425 g/mol. The first-order valence-electron chi connectivity index (χ1n) is 8.29. The van der Waals surface area contributed by atoms with Gasteiger partial charge in [0.25, 0.3) is 0 Å². The molecular formula is C20H28IN3O. The Balaban J connectivity index is 0.00000312. The molecule has 2 aromatic rings. The van der Waals surface area contributed by atoms with Crippen LogP contribution in [0.25, 0.3) is 0 Å². The van der Waals surface area contributed by atoms with Gasteiger partial charge in [-0.2, -0.15) is 0 Å². The van der Waals surface area contributed by atoms with Crippen molar-refractivity contribution in [1.29, 1.82) is 0 Å². The van der Waals surface area contributed by atoms with Crippen LogP contribution < -0.4 is 15.4 Å². The van der Waals surface area contributed by atoms with E-state index in [9.17, 15) is 0 Å². The van der Waals surface area contributed by atoms with Crippen LogP contribution in [0.4, 0.5) is 0 Å². The number of nitrogens with zero attached hydrogens (tertiary/aromatic N) is 1. The third kappa shape index (κ3) is 6.57. The van der Waals surface area contributed by atoms with E-state index >= 15 is 0 Å². The molecule has 0 saturated carbocycles. The molecule has 0 aromatic heterocycles. The maximum Gasteiger partial charge on any atom is 0.191 e. The normalized spacial score (nSPS) is 12.1. The molecule has 0 spiro atoms. The maximum absolute atomic E-state index is 5.38. The number of hydrogen-bond acceptors (Lipinski definition) is 2. The number of hydrogen-bond donors (Lipinski definition) is 2. The van der Waals surface area contributed by atoms with Crippen molar-refractivity contribution >= 4 is 29.9 Å². The molecule has 0 aliphatic rings. The van der Waals surface area contributed by atoms with E-state index < -0.39 is 0 Å².